The molecule has 5 heteroatoms. The van der Waals surface area contributed by atoms with E-state index in [2.05, 4.69) is 4.98 Å². The maximum absolute atomic E-state index is 13.8. The van der Waals surface area contributed by atoms with Gasteiger partial charge in [0.05, 0.1) is 13.3 Å². The van der Waals surface area contributed by atoms with Crippen molar-refractivity contribution in [2.75, 3.05) is 7.11 Å². The average Bonchev–Trinajstić information content (AvgIpc) is 2.27. The quantitative estimate of drug-likeness (QED) is 0.817. The van der Waals surface area contributed by atoms with Crippen LogP contribution in [0.25, 0.3) is 11.3 Å². The summed E-state index contributed by atoms with van der Waals surface area (Å²) in [6.07, 6.45) is 1.44. The van der Waals surface area contributed by atoms with Gasteiger partial charge in [0.15, 0.2) is 5.82 Å². The van der Waals surface area contributed by atoms with Gasteiger partial charge in [0.1, 0.15) is 11.4 Å². The highest BCUT2D eigenvalue weighted by molar-refractivity contribution is 6.35. The molecule has 1 heterocycles. The molecular weight excluding hydrogens is 264 g/mol. The Morgan fingerprint density at radius 2 is 1.76 bits per heavy atom. The van der Waals surface area contributed by atoms with Crippen LogP contribution in [-0.4, -0.2) is 12.1 Å². The molecule has 0 bridgehead atoms. The van der Waals surface area contributed by atoms with Crippen LogP contribution in [0.15, 0.2) is 30.5 Å². The minimum atomic E-state index is -0.484. The van der Waals surface area contributed by atoms with Gasteiger partial charge in [0.2, 0.25) is 0 Å². The van der Waals surface area contributed by atoms with Gasteiger partial charge in [0.25, 0.3) is 0 Å². The van der Waals surface area contributed by atoms with Gasteiger partial charge in [-0.3, -0.25) is 0 Å². The molecule has 17 heavy (non-hydrogen) atoms. The van der Waals surface area contributed by atoms with E-state index in [0.717, 1.165) is 0 Å². The summed E-state index contributed by atoms with van der Waals surface area (Å²) in [6.45, 7) is 0. The Morgan fingerprint density at radius 3 is 2.29 bits per heavy atom. The Balaban J connectivity index is 2.52. The van der Waals surface area contributed by atoms with E-state index in [1.807, 2.05) is 0 Å². The third kappa shape index (κ3) is 2.68. The number of pyridine rings is 1. The maximum atomic E-state index is 13.8. The van der Waals surface area contributed by atoms with Crippen molar-refractivity contribution in [3.05, 3.63) is 46.3 Å². The monoisotopic (exact) mass is 271 g/mol. The predicted octanol–water partition coefficient (Wildman–Crippen LogP) is 4.20. The molecule has 0 aliphatic carbocycles. The Labute approximate surface area is 108 Å². The minimum Gasteiger partial charge on any atom is -0.495 e. The van der Waals surface area contributed by atoms with E-state index in [4.69, 9.17) is 27.9 Å². The van der Waals surface area contributed by atoms with Crippen LogP contribution in [-0.2, 0) is 0 Å². The summed E-state index contributed by atoms with van der Waals surface area (Å²) in [4.78, 5) is 3.98. The lowest BCUT2D eigenvalue weighted by Gasteiger charge is -2.06. The molecule has 0 unspecified atom stereocenters. The Kier molecular flexibility index (Phi) is 3.50. The number of nitrogens with zero attached hydrogens (tertiary/aromatic N) is 1. The van der Waals surface area contributed by atoms with E-state index in [0.29, 0.717) is 21.4 Å². The van der Waals surface area contributed by atoms with Crippen LogP contribution in [0.2, 0.25) is 10.0 Å². The van der Waals surface area contributed by atoms with E-state index in [1.165, 1.54) is 19.4 Å². The van der Waals surface area contributed by atoms with Crippen LogP contribution < -0.4 is 4.74 Å². The van der Waals surface area contributed by atoms with Crippen molar-refractivity contribution in [3.63, 3.8) is 0 Å². The van der Waals surface area contributed by atoms with Gasteiger partial charge < -0.3 is 4.74 Å². The van der Waals surface area contributed by atoms with Crippen molar-refractivity contribution >= 4 is 23.2 Å². The fourth-order valence-electron chi connectivity index (χ4n) is 1.43. The largest absolute Gasteiger partial charge is 0.495 e. The number of methoxy groups -OCH3 is 1. The van der Waals surface area contributed by atoms with Crippen LogP contribution in [0, 0.1) is 5.82 Å². The molecule has 88 valence electrons. The molecule has 0 aliphatic rings. The molecule has 0 aliphatic heterocycles. The second-order valence-corrected chi connectivity index (χ2v) is 4.24. The molecule has 1 aromatic heterocycles. The highest BCUT2D eigenvalue weighted by Gasteiger charge is 2.09. The van der Waals surface area contributed by atoms with Crippen molar-refractivity contribution in [1.82, 2.24) is 4.98 Å². The summed E-state index contributed by atoms with van der Waals surface area (Å²) in [6, 6.07) is 6.04. The van der Waals surface area contributed by atoms with E-state index in [9.17, 15) is 4.39 Å². The van der Waals surface area contributed by atoms with Gasteiger partial charge in [-0.2, -0.15) is 0 Å². The standard InChI is InChI=1S/C12H8Cl2FNO/c1-17-10-5-11(15)12(16-6-10)7-2-8(13)4-9(14)3-7/h2-6H,1H3. The average molecular weight is 272 g/mol. The molecular formula is C12H8Cl2FNO. The molecule has 0 fully saturated rings. The molecule has 0 spiro atoms. The molecule has 0 amide bonds. The summed E-state index contributed by atoms with van der Waals surface area (Å²) in [5, 5.41) is 0.869. The Morgan fingerprint density at radius 1 is 1.12 bits per heavy atom. The molecule has 1 aromatic carbocycles. The van der Waals surface area contributed by atoms with E-state index < -0.39 is 5.82 Å². The second-order valence-electron chi connectivity index (χ2n) is 3.36. The van der Waals surface area contributed by atoms with Gasteiger partial charge in [0, 0.05) is 21.7 Å². The maximum Gasteiger partial charge on any atom is 0.153 e. The Hall–Kier alpha value is -1.32. The summed E-state index contributed by atoms with van der Waals surface area (Å²) in [7, 11) is 1.45. The predicted molar refractivity (Wildman–Crippen MR) is 66.2 cm³/mol. The number of hydrogen-bond acceptors (Lipinski definition) is 2. The van der Waals surface area contributed by atoms with Crippen molar-refractivity contribution in [2.45, 2.75) is 0 Å². The van der Waals surface area contributed by atoms with Gasteiger partial charge in [-0.25, -0.2) is 9.37 Å². The van der Waals surface area contributed by atoms with Crippen LogP contribution >= 0.6 is 23.2 Å². The van der Waals surface area contributed by atoms with Crippen LogP contribution in [0.3, 0.4) is 0 Å². The summed E-state index contributed by atoms with van der Waals surface area (Å²) < 4.78 is 18.6. The van der Waals surface area contributed by atoms with Crippen molar-refractivity contribution in [1.29, 1.82) is 0 Å². The lowest BCUT2D eigenvalue weighted by atomic mass is 10.1. The number of benzene rings is 1. The first-order chi connectivity index (χ1) is 8.10. The molecule has 0 saturated heterocycles. The highest BCUT2D eigenvalue weighted by Crippen LogP contribution is 2.28. The first kappa shape index (κ1) is 12.1. The molecule has 2 nitrogen and oxygen atoms in total. The van der Waals surface area contributed by atoms with Crippen molar-refractivity contribution < 1.29 is 9.13 Å². The smallest absolute Gasteiger partial charge is 0.153 e. The zero-order valence-electron chi connectivity index (χ0n) is 8.88. The third-order valence-electron chi connectivity index (χ3n) is 2.19. The van der Waals surface area contributed by atoms with Crippen LogP contribution in [0.1, 0.15) is 0 Å². The molecule has 2 rings (SSSR count). The lowest BCUT2D eigenvalue weighted by Crippen LogP contribution is -1.92. The minimum absolute atomic E-state index is 0.190. The fourth-order valence-corrected chi connectivity index (χ4v) is 1.96. The van der Waals surface area contributed by atoms with Gasteiger partial charge in [-0.05, 0) is 18.2 Å². The molecule has 0 radical (unpaired) electrons. The van der Waals surface area contributed by atoms with Gasteiger partial charge >= 0.3 is 0 Å². The topological polar surface area (TPSA) is 22.1 Å². The second kappa shape index (κ2) is 4.90. The Bertz CT molecular complexity index is 540. The number of halogens is 3. The summed E-state index contributed by atoms with van der Waals surface area (Å²) in [5.41, 5.74) is 0.720. The van der Waals surface area contributed by atoms with Crippen LogP contribution in [0.4, 0.5) is 4.39 Å². The lowest BCUT2D eigenvalue weighted by molar-refractivity contribution is 0.409. The number of aromatic nitrogens is 1. The fraction of sp³-hybridized carbons (Fsp3) is 0.0833. The molecule has 0 atom stereocenters. The van der Waals surface area contributed by atoms with Crippen molar-refractivity contribution in [2.24, 2.45) is 0 Å². The van der Waals surface area contributed by atoms with Gasteiger partial charge in [-0.1, -0.05) is 23.2 Å². The van der Waals surface area contributed by atoms with E-state index in [1.54, 1.807) is 18.2 Å². The van der Waals surface area contributed by atoms with Crippen molar-refractivity contribution in [3.8, 4) is 17.0 Å². The zero-order valence-corrected chi connectivity index (χ0v) is 10.4. The SMILES string of the molecule is COc1cnc(-c2cc(Cl)cc(Cl)c2)c(F)c1. The summed E-state index contributed by atoms with van der Waals surface area (Å²) >= 11 is 11.7. The zero-order chi connectivity index (χ0) is 12.4. The summed E-state index contributed by atoms with van der Waals surface area (Å²) in [5.74, 6) is -0.123. The number of hydrogen-bond donors (Lipinski definition) is 0. The number of rotatable bonds is 2. The van der Waals surface area contributed by atoms with Gasteiger partial charge in [-0.15, -0.1) is 0 Å². The first-order valence-corrected chi connectivity index (χ1v) is 5.52. The van der Waals surface area contributed by atoms with E-state index >= 15 is 0 Å². The van der Waals surface area contributed by atoms with Crippen LogP contribution in [0.5, 0.6) is 5.75 Å². The highest BCUT2D eigenvalue weighted by atomic mass is 35.5. The third-order valence-corrected chi connectivity index (χ3v) is 2.62. The first-order valence-electron chi connectivity index (χ1n) is 4.76. The number of ether oxygens (including phenoxy) is 1. The molecule has 2 aromatic rings. The molecule has 0 saturated carbocycles. The van der Waals surface area contributed by atoms with E-state index in [-0.39, 0.29) is 5.69 Å². The molecule has 0 N–H and O–H groups in total. The normalized spacial score (nSPS) is 10.4.